The van der Waals surface area contributed by atoms with Crippen molar-refractivity contribution in [2.24, 2.45) is 0 Å². The van der Waals surface area contributed by atoms with Crippen LogP contribution in [0.3, 0.4) is 0 Å². The number of nitrogens with zero attached hydrogens (tertiary/aromatic N) is 2. The molecule has 0 aliphatic heterocycles. The van der Waals surface area contributed by atoms with E-state index in [9.17, 15) is 8.42 Å². The number of hydrogen-bond donors (Lipinski definition) is 0. The van der Waals surface area contributed by atoms with Crippen LogP contribution < -0.4 is 0 Å². The maximum atomic E-state index is 11.5. The Labute approximate surface area is 92.6 Å². The fourth-order valence-electron chi connectivity index (χ4n) is 0.895. The molecule has 0 saturated heterocycles. The van der Waals surface area contributed by atoms with Crippen LogP contribution in [0.1, 0.15) is 5.69 Å². The summed E-state index contributed by atoms with van der Waals surface area (Å²) in [5.74, 6) is 0.0823. The molecule has 0 spiro atoms. The third-order valence-corrected chi connectivity index (χ3v) is 4.53. The van der Waals surface area contributed by atoms with Crippen molar-refractivity contribution >= 4 is 33.0 Å². The standard InChI is InChI=1S/C7H11ClN2O2S2/c1-10(14(11,12)3-2-8)4-7-5-13-6-9-7/h5-6H,2-4H2,1H3. The Bertz CT molecular complexity index is 363. The Morgan fingerprint density at radius 2 is 2.36 bits per heavy atom. The average molecular weight is 255 g/mol. The summed E-state index contributed by atoms with van der Waals surface area (Å²) in [6.45, 7) is 0.308. The Kier molecular flexibility index (Phi) is 4.31. The van der Waals surface area contributed by atoms with Crippen molar-refractivity contribution in [1.82, 2.24) is 9.29 Å². The van der Waals surface area contributed by atoms with E-state index in [4.69, 9.17) is 11.6 Å². The SMILES string of the molecule is CN(Cc1cscn1)S(=O)(=O)CCCl. The van der Waals surface area contributed by atoms with Gasteiger partial charge in [-0.25, -0.2) is 13.4 Å². The second kappa shape index (κ2) is 5.06. The van der Waals surface area contributed by atoms with Gasteiger partial charge in [0.2, 0.25) is 10.0 Å². The lowest BCUT2D eigenvalue weighted by molar-refractivity contribution is 0.464. The highest BCUT2D eigenvalue weighted by atomic mass is 35.5. The van der Waals surface area contributed by atoms with Crippen LogP contribution in [0, 0.1) is 0 Å². The van der Waals surface area contributed by atoms with E-state index in [0.29, 0.717) is 6.54 Å². The highest BCUT2D eigenvalue weighted by Crippen LogP contribution is 2.08. The third kappa shape index (κ3) is 3.20. The minimum Gasteiger partial charge on any atom is -0.248 e. The molecule has 14 heavy (non-hydrogen) atoms. The van der Waals surface area contributed by atoms with E-state index in [0.717, 1.165) is 5.69 Å². The summed E-state index contributed by atoms with van der Waals surface area (Å²) in [7, 11) is -1.69. The Hall–Kier alpha value is -0.170. The number of sulfonamides is 1. The molecule has 1 aromatic rings. The van der Waals surface area contributed by atoms with Crippen molar-refractivity contribution in [3.05, 3.63) is 16.6 Å². The fraction of sp³-hybridized carbons (Fsp3) is 0.571. The molecule has 4 nitrogen and oxygen atoms in total. The first-order valence-corrected chi connectivity index (χ1v) is 7.02. The van der Waals surface area contributed by atoms with Gasteiger partial charge in [0.25, 0.3) is 0 Å². The highest BCUT2D eigenvalue weighted by Gasteiger charge is 2.17. The molecule has 0 bridgehead atoms. The van der Waals surface area contributed by atoms with Crippen molar-refractivity contribution < 1.29 is 8.42 Å². The normalized spacial score (nSPS) is 12.2. The van der Waals surface area contributed by atoms with E-state index in [2.05, 4.69) is 4.98 Å². The van der Waals surface area contributed by atoms with Gasteiger partial charge in [0, 0.05) is 18.3 Å². The van der Waals surface area contributed by atoms with Gasteiger partial charge in [0.15, 0.2) is 0 Å². The zero-order valence-corrected chi connectivity index (χ0v) is 10.1. The molecule has 0 amide bonds. The van der Waals surface area contributed by atoms with Crippen LogP contribution in [0.2, 0.25) is 0 Å². The maximum absolute atomic E-state index is 11.5. The lowest BCUT2D eigenvalue weighted by Crippen LogP contribution is -2.29. The fourth-order valence-corrected chi connectivity index (χ4v) is 2.87. The van der Waals surface area contributed by atoms with Crippen molar-refractivity contribution in [3.63, 3.8) is 0 Å². The van der Waals surface area contributed by atoms with Crippen molar-refractivity contribution in [1.29, 1.82) is 0 Å². The third-order valence-electron chi connectivity index (χ3n) is 1.68. The first kappa shape index (κ1) is 11.9. The molecule has 0 fully saturated rings. The topological polar surface area (TPSA) is 50.3 Å². The summed E-state index contributed by atoms with van der Waals surface area (Å²) in [6.07, 6.45) is 0. The van der Waals surface area contributed by atoms with Gasteiger partial charge in [-0.05, 0) is 0 Å². The molecule has 0 atom stereocenters. The first-order valence-electron chi connectivity index (χ1n) is 3.93. The van der Waals surface area contributed by atoms with Crippen molar-refractivity contribution in [2.45, 2.75) is 6.54 Å². The smallest absolute Gasteiger partial charge is 0.215 e. The molecule has 1 rings (SSSR count). The Balaban J connectivity index is 2.62. The van der Waals surface area contributed by atoms with Crippen molar-refractivity contribution in [3.8, 4) is 0 Å². The summed E-state index contributed by atoms with van der Waals surface area (Å²) >= 11 is 6.84. The van der Waals surface area contributed by atoms with Gasteiger partial charge in [-0.2, -0.15) is 4.31 Å². The zero-order valence-electron chi connectivity index (χ0n) is 7.68. The summed E-state index contributed by atoms with van der Waals surface area (Å²) in [5, 5.41) is 1.83. The van der Waals surface area contributed by atoms with Crippen LogP contribution in [0.15, 0.2) is 10.9 Å². The van der Waals surface area contributed by atoms with Gasteiger partial charge < -0.3 is 0 Å². The van der Waals surface area contributed by atoms with Crippen LogP contribution in [0.5, 0.6) is 0 Å². The Morgan fingerprint density at radius 1 is 1.64 bits per heavy atom. The minimum atomic E-state index is -3.22. The molecule has 1 heterocycles. The van der Waals surface area contributed by atoms with Crippen LogP contribution in [-0.2, 0) is 16.6 Å². The first-order chi connectivity index (χ1) is 6.56. The van der Waals surface area contributed by atoms with Gasteiger partial charge in [0.1, 0.15) is 0 Å². The second-order valence-corrected chi connectivity index (χ2v) is 6.03. The molecule has 1 aromatic heterocycles. The molecule has 0 aliphatic rings. The van der Waals surface area contributed by atoms with E-state index < -0.39 is 10.0 Å². The van der Waals surface area contributed by atoms with Crippen molar-refractivity contribution in [2.75, 3.05) is 18.7 Å². The van der Waals surface area contributed by atoms with E-state index in [1.807, 2.05) is 5.38 Å². The zero-order chi connectivity index (χ0) is 10.6. The molecular formula is C7H11ClN2O2S2. The molecule has 7 heteroatoms. The van der Waals surface area contributed by atoms with Gasteiger partial charge >= 0.3 is 0 Å². The molecule has 0 saturated carbocycles. The molecular weight excluding hydrogens is 244 g/mol. The summed E-state index contributed by atoms with van der Waals surface area (Å²) in [6, 6.07) is 0. The predicted molar refractivity (Wildman–Crippen MR) is 58.1 cm³/mol. The molecule has 0 aliphatic carbocycles. The predicted octanol–water partition coefficient (Wildman–Crippen LogP) is 1.14. The molecule has 80 valence electrons. The molecule has 0 unspecified atom stereocenters. The van der Waals surface area contributed by atoms with Crippen LogP contribution >= 0.6 is 22.9 Å². The molecule has 0 N–H and O–H groups in total. The van der Waals surface area contributed by atoms with Gasteiger partial charge in [-0.3, -0.25) is 0 Å². The van der Waals surface area contributed by atoms with E-state index in [-0.39, 0.29) is 11.6 Å². The maximum Gasteiger partial charge on any atom is 0.215 e. The number of halogens is 1. The van der Waals surface area contributed by atoms with Gasteiger partial charge in [-0.15, -0.1) is 22.9 Å². The van der Waals surface area contributed by atoms with Gasteiger partial charge in [-0.1, -0.05) is 0 Å². The summed E-state index contributed by atoms with van der Waals surface area (Å²) in [4.78, 5) is 4.01. The lowest BCUT2D eigenvalue weighted by Gasteiger charge is -2.14. The monoisotopic (exact) mass is 254 g/mol. The molecule has 0 radical (unpaired) electrons. The van der Waals surface area contributed by atoms with Crippen LogP contribution in [-0.4, -0.2) is 36.4 Å². The van der Waals surface area contributed by atoms with E-state index in [1.165, 1.54) is 22.7 Å². The quantitative estimate of drug-likeness (QED) is 0.741. The number of aromatic nitrogens is 1. The average Bonchev–Trinajstić information content (AvgIpc) is 2.56. The number of alkyl halides is 1. The van der Waals surface area contributed by atoms with E-state index in [1.54, 1.807) is 5.51 Å². The van der Waals surface area contributed by atoms with Gasteiger partial charge in [0.05, 0.1) is 23.5 Å². The van der Waals surface area contributed by atoms with Crippen LogP contribution in [0.4, 0.5) is 0 Å². The van der Waals surface area contributed by atoms with Crippen LogP contribution in [0.25, 0.3) is 0 Å². The number of rotatable bonds is 5. The lowest BCUT2D eigenvalue weighted by atomic mass is 10.5. The number of thiazole rings is 1. The summed E-state index contributed by atoms with van der Waals surface area (Å²) in [5.41, 5.74) is 2.44. The second-order valence-electron chi connectivity index (χ2n) is 2.74. The minimum absolute atomic E-state index is 0.0325. The largest absolute Gasteiger partial charge is 0.248 e. The summed E-state index contributed by atoms with van der Waals surface area (Å²) < 4.78 is 24.2. The molecule has 0 aromatic carbocycles. The Morgan fingerprint density at radius 3 is 2.86 bits per heavy atom. The van der Waals surface area contributed by atoms with E-state index >= 15 is 0 Å². The highest BCUT2D eigenvalue weighted by molar-refractivity contribution is 7.89. The number of hydrogen-bond acceptors (Lipinski definition) is 4.